The van der Waals surface area contributed by atoms with Crippen LogP contribution < -0.4 is 0 Å². The van der Waals surface area contributed by atoms with Gasteiger partial charge in [-0.15, -0.1) is 0 Å². The van der Waals surface area contributed by atoms with E-state index in [2.05, 4.69) is 18.7 Å². The number of piperidine rings is 1. The highest BCUT2D eigenvalue weighted by molar-refractivity contribution is 5.79. The van der Waals surface area contributed by atoms with Gasteiger partial charge in [-0.25, -0.2) is 0 Å². The van der Waals surface area contributed by atoms with Gasteiger partial charge in [-0.1, -0.05) is 39.5 Å². The normalized spacial score (nSPS) is 25.0. The highest BCUT2D eigenvalue weighted by atomic mass is 16.1. The lowest BCUT2D eigenvalue weighted by Gasteiger charge is -2.49. The second-order valence-electron chi connectivity index (χ2n) is 7.06. The molecule has 0 spiro atoms. The summed E-state index contributed by atoms with van der Waals surface area (Å²) in [4.78, 5) is 14.4. The van der Waals surface area contributed by atoms with E-state index in [1.54, 1.807) is 0 Å². The fourth-order valence-corrected chi connectivity index (χ4v) is 4.24. The highest BCUT2D eigenvalue weighted by Crippen LogP contribution is 2.39. The molecule has 2 heteroatoms. The van der Waals surface area contributed by atoms with Crippen molar-refractivity contribution in [3.63, 3.8) is 0 Å². The third-order valence-electron chi connectivity index (χ3n) is 5.85. The Kier molecular flexibility index (Phi) is 6.07. The number of hydrogen-bond acceptors (Lipinski definition) is 2. The third kappa shape index (κ3) is 3.84. The molecule has 0 N–H and O–H groups in total. The van der Waals surface area contributed by atoms with Crippen LogP contribution in [-0.4, -0.2) is 29.3 Å². The van der Waals surface area contributed by atoms with Crippen LogP contribution in [0.1, 0.15) is 84.5 Å². The number of hydrogen-bond donors (Lipinski definition) is 0. The molecule has 0 amide bonds. The second-order valence-corrected chi connectivity index (χ2v) is 7.06. The van der Waals surface area contributed by atoms with Crippen molar-refractivity contribution in [1.82, 2.24) is 4.90 Å². The van der Waals surface area contributed by atoms with Gasteiger partial charge >= 0.3 is 0 Å². The molecule has 0 radical (unpaired) electrons. The summed E-state index contributed by atoms with van der Waals surface area (Å²) in [5.74, 6) is 1.45. The van der Waals surface area contributed by atoms with Gasteiger partial charge in [-0.2, -0.15) is 0 Å². The van der Waals surface area contributed by atoms with E-state index in [0.29, 0.717) is 11.3 Å². The number of carbonyl (C=O) groups is 1. The molecule has 2 nitrogen and oxygen atoms in total. The Morgan fingerprint density at radius 1 is 1.10 bits per heavy atom. The Morgan fingerprint density at radius 3 is 2.30 bits per heavy atom. The summed E-state index contributed by atoms with van der Waals surface area (Å²) in [6.45, 7) is 7.16. The molecule has 1 saturated carbocycles. The summed E-state index contributed by atoms with van der Waals surface area (Å²) in [5.41, 5.74) is 0.377. The molecule has 1 aliphatic carbocycles. The van der Waals surface area contributed by atoms with E-state index in [1.807, 2.05) is 0 Å². The molecule has 116 valence electrons. The topological polar surface area (TPSA) is 20.3 Å². The lowest BCUT2D eigenvalue weighted by Crippen LogP contribution is -2.53. The minimum Gasteiger partial charge on any atom is -0.300 e. The molecule has 1 heterocycles. The maximum atomic E-state index is 11.6. The number of unbranched alkanes of at least 4 members (excludes halogenated alkanes) is 2. The van der Waals surface area contributed by atoms with Gasteiger partial charge in [0.05, 0.1) is 0 Å². The number of likely N-dealkylation sites (tertiary alicyclic amines) is 1. The van der Waals surface area contributed by atoms with Gasteiger partial charge in [-0.05, 0) is 51.1 Å². The van der Waals surface area contributed by atoms with Crippen LogP contribution in [0.25, 0.3) is 0 Å². The predicted molar refractivity (Wildman–Crippen MR) is 84.9 cm³/mol. The zero-order valence-electron chi connectivity index (χ0n) is 13.6. The monoisotopic (exact) mass is 279 g/mol. The van der Waals surface area contributed by atoms with Crippen LogP contribution >= 0.6 is 0 Å². The molecule has 0 atom stereocenters. The minimum absolute atomic E-state index is 0.377. The van der Waals surface area contributed by atoms with Crippen molar-refractivity contribution in [3.05, 3.63) is 0 Å². The van der Waals surface area contributed by atoms with Crippen LogP contribution in [0.5, 0.6) is 0 Å². The summed E-state index contributed by atoms with van der Waals surface area (Å²) >= 11 is 0. The Morgan fingerprint density at radius 2 is 1.75 bits per heavy atom. The summed E-state index contributed by atoms with van der Waals surface area (Å²) in [6, 6.07) is 0. The van der Waals surface area contributed by atoms with E-state index in [4.69, 9.17) is 0 Å². The maximum Gasteiger partial charge on any atom is 0.133 e. The van der Waals surface area contributed by atoms with Gasteiger partial charge in [0.2, 0.25) is 0 Å². The van der Waals surface area contributed by atoms with Crippen molar-refractivity contribution in [2.45, 2.75) is 90.0 Å². The summed E-state index contributed by atoms with van der Waals surface area (Å²) in [5, 5.41) is 0. The standard InChI is InChI=1S/C18H33NO/c1-3-5-6-11-18(12-7-17(20)8-13-18)19-14-9-16(4-2)10-15-19/h16H,3-15H2,1-2H3. The second kappa shape index (κ2) is 7.59. The highest BCUT2D eigenvalue weighted by Gasteiger charge is 2.40. The van der Waals surface area contributed by atoms with Gasteiger partial charge in [0.25, 0.3) is 0 Å². The molecule has 2 aliphatic rings. The van der Waals surface area contributed by atoms with E-state index >= 15 is 0 Å². The maximum absolute atomic E-state index is 11.6. The number of ketones is 1. The first kappa shape index (κ1) is 16.0. The minimum atomic E-state index is 0.377. The number of nitrogens with zero attached hydrogens (tertiary/aromatic N) is 1. The molecule has 1 saturated heterocycles. The molecule has 2 fully saturated rings. The smallest absolute Gasteiger partial charge is 0.133 e. The van der Waals surface area contributed by atoms with E-state index in [1.165, 1.54) is 58.0 Å². The van der Waals surface area contributed by atoms with Crippen LogP contribution in [-0.2, 0) is 4.79 Å². The van der Waals surface area contributed by atoms with Crippen molar-refractivity contribution < 1.29 is 4.79 Å². The summed E-state index contributed by atoms with van der Waals surface area (Å²) < 4.78 is 0. The van der Waals surface area contributed by atoms with E-state index in [-0.39, 0.29) is 0 Å². The molecular formula is C18H33NO. The van der Waals surface area contributed by atoms with E-state index < -0.39 is 0 Å². The fourth-order valence-electron chi connectivity index (χ4n) is 4.24. The van der Waals surface area contributed by atoms with Gasteiger partial charge in [0.1, 0.15) is 5.78 Å². The molecule has 0 unspecified atom stereocenters. The van der Waals surface area contributed by atoms with Gasteiger partial charge in [0.15, 0.2) is 0 Å². The summed E-state index contributed by atoms with van der Waals surface area (Å²) in [6.07, 6.45) is 13.3. The molecule has 0 aromatic rings. The fraction of sp³-hybridized carbons (Fsp3) is 0.944. The van der Waals surface area contributed by atoms with Gasteiger partial charge in [-0.3, -0.25) is 9.69 Å². The molecule has 20 heavy (non-hydrogen) atoms. The largest absolute Gasteiger partial charge is 0.300 e. The molecule has 0 bridgehead atoms. The predicted octanol–water partition coefficient (Wildman–Crippen LogP) is 4.57. The Bertz CT molecular complexity index is 295. The lowest BCUT2D eigenvalue weighted by atomic mass is 9.75. The molecule has 2 rings (SSSR count). The molecule has 1 aliphatic heterocycles. The van der Waals surface area contributed by atoms with Crippen molar-refractivity contribution in [3.8, 4) is 0 Å². The van der Waals surface area contributed by atoms with Crippen LogP contribution in [0, 0.1) is 5.92 Å². The average molecular weight is 279 g/mol. The van der Waals surface area contributed by atoms with Crippen LogP contribution in [0.2, 0.25) is 0 Å². The lowest BCUT2D eigenvalue weighted by molar-refractivity contribution is -0.123. The molecule has 0 aromatic heterocycles. The Hall–Kier alpha value is -0.370. The Labute approximate surface area is 125 Å². The van der Waals surface area contributed by atoms with Crippen LogP contribution in [0.4, 0.5) is 0 Å². The third-order valence-corrected chi connectivity index (χ3v) is 5.85. The molecule has 0 aromatic carbocycles. The zero-order valence-corrected chi connectivity index (χ0v) is 13.6. The van der Waals surface area contributed by atoms with Gasteiger partial charge in [0, 0.05) is 18.4 Å². The summed E-state index contributed by atoms with van der Waals surface area (Å²) in [7, 11) is 0. The number of rotatable bonds is 6. The SMILES string of the molecule is CCCCCC1(N2CCC(CC)CC2)CCC(=O)CC1. The van der Waals surface area contributed by atoms with Crippen molar-refractivity contribution in [2.24, 2.45) is 5.92 Å². The zero-order chi connectivity index (χ0) is 14.4. The first-order valence-electron chi connectivity index (χ1n) is 8.97. The quantitative estimate of drug-likeness (QED) is 0.664. The van der Waals surface area contributed by atoms with Gasteiger partial charge < -0.3 is 0 Å². The number of Topliss-reactive ketones (excluding diaryl/α,β-unsaturated/α-hetero) is 1. The average Bonchev–Trinajstić information content (AvgIpc) is 2.50. The number of carbonyl (C=O) groups excluding carboxylic acids is 1. The first-order valence-corrected chi connectivity index (χ1v) is 8.97. The van der Waals surface area contributed by atoms with E-state index in [0.717, 1.165) is 31.6 Å². The first-order chi connectivity index (χ1) is 9.70. The van der Waals surface area contributed by atoms with Crippen LogP contribution in [0.15, 0.2) is 0 Å². The van der Waals surface area contributed by atoms with Crippen molar-refractivity contribution >= 4 is 5.78 Å². The van der Waals surface area contributed by atoms with E-state index in [9.17, 15) is 4.79 Å². The Balaban J connectivity index is 1.97. The van der Waals surface area contributed by atoms with Crippen LogP contribution in [0.3, 0.4) is 0 Å². The van der Waals surface area contributed by atoms with Crippen molar-refractivity contribution in [2.75, 3.05) is 13.1 Å². The molecular weight excluding hydrogens is 246 g/mol. The van der Waals surface area contributed by atoms with Crippen molar-refractivity contribution in [1.29, 1.82) is 0 Å².